The summed E-state index contributed by atoms with van der Waals surface area (Å²) in [6.07, 6.45) is 0. The Morgan fingerprint density at radius 3 is 1.58 bits per heavy atom. The minimum atomic E-state index is 0.700. The van der Waals surface area contributed by atoms with E-state index in [2.05, 4.69) is 19.2 Å². The first-order valence-electron chi connectivity index (χ1n) is 4.88. The van der Waals surface area contributed by atoms with Crippen molar-refractivity contribution in [2.45, 2.75) is 27.7 Å². The number of aliphatic hydroxyl groups is 1. The van der Waals surface area contributed by atoms with Gasteiger partial charge >= 0.3 is 0 Å². The van der Waals surface area contributed by atoms with E-state index < -0.39 is 0 Å². The van der Waals surface area contributed by atoms with Crippen molar-refractivity contribution in [3.8, 4) is 0 Å². The maximum absolute atomic E-state index is 7.00. The van der Waals surface area contributed by atoms with Crippen LogP contribution in [0.25, 0.3) is 0 Å². The zero-order valence-corrected chi connectivity index (χ0v) is 9.02. The Bertz CT molecular complexity index is 111. The maximum Gasteiger partial charge on any atom is 0.0319 e. The van der Waals surface area contributed by atoms with E-state index in [0.717, 1.165) is 18.9 Å². The Hall–Kier alpha value is -0.0800. The van der Waals surface area contributed by atoms with E-state index in [1.807, 2.05) is 13.8 Å². The third kappa shape index (κ3) is 1.99. The predicted octanol–water partition coefficient (Wildman–Crippen LogP) is 1.50. The van der Waals surface area contributed by atoms with Gasteiger partial charge in [-0.1, -0.05) is 27.7 Å². The van der Waals surface area contributed by atoms with Gasteiger partial charge in [-0.05, 0) is 30.3 Å². The molecule has 0 bridgehead atoms. The van der Waals surface area contributed by atoms with Crippen LogP contribution >= 0.6 is 0 Å². The number of hydrogen-bond donors (Lipinski definition) is 2. The molecule has 2 fully saturated rings. The van der Waals surface area contributed by atoms with Gasteiger partial charge in [0.15, 0.2) is 0 Å². The van der Waals surface area contributed by atoms with E-state index in [9.17, 15) is 0 Å². The molecule has 1 saturated heterocycles. The van der Waals surface area contributed by atoms with Gasteiger partial charge in [-0.3, -0.25) is 0 Å². The summed E-state index contributed by atoms with van der Waals surface area (Å²) in [6, 6.07) is 0. The molecule has 0 amide bonds. The van der Waals surface area contributed by atoms with Gasteiger partial charge in [-0.2, -0.15) is 0 Å². The number of rotatable bonds is 0. The highest BCUT2D eigenvalue weighted by molar-refractivity contribution is 5.10. The fourth-order valence-electron chi connectivity index (χ4n) is 2.06. The average molecular weight is 173 g/mol. The van der Waals surface area contributed by atoms with Crippen LogP contribution in [-0.2, 0) is 0 Å². The molecule has 1 aliphatic heterocycles. The molecule has 74 valence electrons. The van der Waals surface area contributed by atoms with Gasteiger partial charge in [0.1, 0.15) is 0 Å². The van der Waals surface area contributed by atoms with Crippen LogP contribution in [0.2, 0.25) is 0 Å². The van der Waals surface area contributed by atoms with E-state index in [0.29, 0.717) is 5.41 Å². The smallest absolute Gasteiger partial charge is 0.0319 e. The van der Waals surface area contributed by atoms with Crippen LogP contribution in [0.5, 0.6) is 0 Å². The van der Waals surface area contributed by atoms with Crippen molar-refractivity contribution in [2.75, 3.05) is 20.2 Å². The van der Waals surface area contributed by atoms with E-state index in [1.165, 1.54) is 13.1 Å². The molecule has 2 aliphatic rings. The van der Waals surface area contributed by atoms with Crippen LogP contribution in [0.1, 0.15) is 27.7 Å². The summed E-state index contributed by atoms with van der Waals surface area (Å²) in [7, 11) is 1.00. The third-order valence-electron chi connectivity index (χ3n) is 3.02. The van der Waals surface area contributed by atoms with Crippen molar-refractivity contribution >= 4 is 0 Å². The average Bonchev–Trinajstić information content (AvgIpc) is 2.57. The lowest BCUT2D eigenvalue weighted by molar-refractivity contribution is 0.399. The van der Waals surface area contributed by atoms with Crippen molar-refractivity contribution in [3.05, 3.63) is 0 Å². The third-order valence-corrected chi connectivity index (χ3v) is 3.02. The van der Waals surface area contributed by atoms with Crippen LogP contribution in [-0.4, -0.2) is 25.3 Å². The fraction of sp³-hybridized carbons (Fsp3) is 1.00. The van der Waals surface area contributed by atoms with Gasteiger partial charge in [-0.25, -0.2) is 0 Å². The molecule has 0 aromatic heterocycles. The lowest BCUT2D eigenvalue weighted by atomic mass is 10.1. The quantitative estimate of drug-likeness (QED) is 0.582. The van der Waals surface area contributed by atoms with Crippen LogP contribution < -0.4 is 5.32 Å². The second-order valence-electron chi connectivity index (χ2n) is 3.69. The van der Waals surface area contributed by atoms with Crippen molar-refractivity contribution in [3.63, 3.8) is 0 Å². The molecule has 1 heterocycles. The number of piperidine rings is 1. The largest absolute Gasteiger partial charge is 0.400 e. The highest BCUT2D eigenvalue weighted by atomic mass is 16.2. The molecule has 12 heavy (non-hydrogen) atoms. The molecule has 0 aromatic rings. The van der Waals surface area contributed by atoms with Crippen molar-refractivity contribution in [1.82, 2.24) is 5.32 Å². The van der Waals surface area contributed by atoms with Gasteiger partial charge in [-0.15, -0.1) is 0 Å². The lowest BCUT2D eigenvalue weighted by Crippen LogP contribution is -2.17. The van der Waals surface area contributed by atoms with Crippen molar-refractivity contribution in [2.24, 2.45) is 17.3 Å². The molecule has 0 spiro atoms. The predicted molar refractivity (Wildman–Crippen MR) is 53.1 cm³/mol. The summed E-state index contributed by atoms with van der Waals surface area (Å²) >= 11 is 0. The van der Waals surface area contributed by atoms with E-state index in [1.54, 1.807) is 0 Å². The van der Waals surface area contributed by atoms with E-state index in [-0.39, 0.29) is 0 Å². The fourth-order valence-corrected chi connectivity index (χ4v) is 2.06. The summed E-state index contributed by atoms with van der Waals surface area (Å²) < 4.78 is 0. The molecule has 2 N–H and O–H groups in total. The summed E-state index contributed by atoms with van der Waals surface area (Å²) in [5.74, 6) is 2.03. The Morgan fingerprint density at radius 1 is 1.08 bits per heavy atom. The summed E-state index contributed by atoms with van der Waals surface area (Å²) in [6.45, 7) is 11.3. The van der Waals surface area contributed by atoms with E-state index in [4.69, 9.17) is 5.11 Å². The number of hydrogen-bond acceptors (Lipinski definition) is 2. The molecular formula is C10H23NO. The van der Waals surface area contributed by atoms with Gasteiger partial charge in [0.25, 0.3) is 0 Å². The Kier molecular flexibility index (Phi) is 4.80. The molecular weight excluding hydrogens is 150 g/mol. The second-order valence-corrected chi connectivity index (χ2v) is 3.69. The normalized spacial score (nSPS) is 33.5. The van der Waals surface area contributed by atoms with Gasteiger partial charge in [0, 0.05) is 7.11 Å². The Morgan fingerprint density at radius 2 is 1.42 bits per heavy atom. The van der Waals surface area contributed by atoms with Crippen molar-refractivity contribution in [1.29, 1.82) is 0 Å². The monoisotopic (exact) mass is 173 g/mol. The molecule has 1 aliphatic carbocycles. The molecule has 2 nitrogen and oxygen atoms in total. The highest BCUT2D eigenvalue weighted by Crippen LogP contribution is 2.59. The molecule has 1 saturated carbocycles. The Labute approximate surface area is 76.4 Å². The summed E-state index contributed by atoms with van der Waals surface area (Å²) in [5.41, 5.74) is 0.700. The molecule has 2 rings (SSSR count). The van der Waals surface area contributed by atoms with Crippen molar-refractivity contribution < 1.29 is 5.11 Å². The molecule has 0 radical (unpaired) electrons. The second kappa shape index (κ2) is 4.83. The zero-order valence-electron chi connectivity index (χ0n) is 9.02. The van der Waals surface area contributed by atoms with Crippen LogP contribution in [0, 0.1) is 17.3 Å². The number of aliphatic hydroxyl groups excluding tert-OH is 1. The number of fused-ring (bicyclic) bond motifs is 1. The summed E-state index contributed by atoms with van der Waals surface area (Å²) in [5, 5.41) is 10.4. The van der Waals surface area contributed by atoms with Crippen LogP contribution in [0.4, 0.5) is 0 Å². The lowest BCUT2D eigenvalue weighted by Gasteiger charge is -2.06. The molecule has 2 unspecified atom stereocenters. The number of nitrogens with one attached hydrogen (secondary N) is 1. The maximum atomic E-state index is 7.00. The Balaban J connectivity index is 0.000000269. The standard InChI is InChI=1S/C7H13N.C2H6.CH4O/c1-7(2)5-3-8-4-6(5)7;2*1-2/h5-6,8H,3-4H2,1-2H3;1-2H3;2H,1H3. The summed E-state index contributed by atoms with van der Waals surface area (Å²) in [4.78, 5) is 0. The molecule has 2 atom stereocenters. The first kappa shape index (κ1) is 11.9. The highest BCUT2D eigenvalue weighted by Gasteiger charge is 2.59. The van der Waals surface area contributed by atoms with Crippen LogP contribution in [0.15, 0.2) is 0 Å². The minimum Gasteiger partial charge on any atom is -0.400 e. The van der Waals surface area contributed by atoms with Crippen LogP contribution in [0.3, 0.4) is 0 Å². The topological polar surface area (TPSA) is 32.3 Å². The first-order chi connectivity index (χ1) is 5.73. The van der Waals surface area contributed by atoms with Gasteiger partial charge in [0.05, 0.1) is 0 Å². The molecule has 0 aromatic carbocycles. The molecule has 2 heteroatoms. The van der Waals surface area contributed by atoms with E-state index >= 15 is 0 Å². The van der Waals surface area contributed by atoms with Gasteiger partial charge in [0.2, 0.25) is 0 Å². The zero-order chi connectivity index (χ0) is 9.78. The first-order valence-corrected chi connectivity index (χ1v) is 4.88. The minimum absolute atomic E-state index is 0.700. The SMILES string of the molecule is CC.CC1(C)C2CNCC21.CO. The van der Waals surface area contributed by atoms with Gasteiger partial charge < -0.3 is 10.4 Å².